The number of pyridine rings is 1. The minimum Gasteiger partial charge on any atom is -0.299 e. The lowest BCUT2D eigenvalue weighted by atomic mass is 9.47. The zero-order valence-electron chi connectivity index (χ0n) is 28.1. The average Bonchev–Trinajstić information content (AvgIpc) is 3.38. The molecule has 1 atom stereocenters. The first-order valence-electron chi connectivity index (χ1n) is 16.0. The van der Waals surface area contributed by atoms with Crippen LogP contribution in [-0.4, -0.2) is 9.38 Å². The highest BCUT2D eigenvalue weighted by atomic mass is 15.0. The molecule has 1 unspecified atom stereocenters. The summed E-state index contributed by atoms with van der Waals surface area (Å²) in [6, 6.07) is 16.2. The van der Waals surface area contributed by atoms with Crippen LogP contribution in [0.3, 0.4) is 0 Å². The highest BCUT2D eigenvalue weighted by Gasteiger charge is 2.72. The van der Waals surface area contributed by atoms with E-state index in [1.807, 2.05) is 0 Å². The first kappa shape index (κ1) is 27.7. The molecule has 0 amide bonds. The van der Waals surface area contributed by atoms with Crippen molar-refractivity contribution < 1.29 is 0 Å². The van der Waals surface area contributed by atoms with Gasteiger partial charge in [0.2, 0.25) is 0 Å². The zero-order valence-corrected chi connectivity index (χ0v) is 28.1. The fraction of sp³-hybridized carbons (Fsp3) is 0.475. The summed E-state index contributed by atoms with van der Waals surface area (Å²) in [6.07, 6.45) is 2.32. The highest BCUT2D eigenvalue weighted by Crippen LogP contribution is 2.76. The molecule has 2 aliphatic carbocycles. The molecule has 0 bridgehead atoms. The minimum absolute atomic E-state index is 0.0228. The van der Waals surface area contributed by atoms with E-state index in [4.69, 9.17) is 4.98 Å². The third kappa shape index (κ3) is 2.77. The van der Waals surface area contributed by atoms with E-state index in [2.05, 4.69) is 143 Å². The number of rotatable bonds is 2. The number of nitrogens with zero attached hydrogens (tertiary/aromatic N) is 2. The Morgan fingerprint density at radius 1 is 0.738 bits per heavy atom. The molecule has 0 N–H and O–H groups in total. The number of imidazole rings is 1. The molecule has 218 valence electrons. The van der Waals surface area contributed by atoms with Gasteiger partial charge in [-0.25, -0.2) is 4.98 Å². The molecule has 2 aliphatic rings. The fourth-order valence-corrected chi connectivity index (χ4v) is 9.66. The summed E-state index contributed by atoms with van der Waals surface area (Å²) in [7, 11) is 0. The van der Waals surface area contributed by atoms with Gasteiger partial charge in [-0.2, -0.15) is 0 Å². The maximum atomic E-state index is 5.58. The van der Waals surface area contributed by atoms with Gasteiger partial charge in [-0.15, -0.1) is 0 Å². The molecule has 2 heterocycles. The van der Waals surface area contributed by atoms with Gasteiger partial charge in [0, 0.05) is 17.0 Å². The largest absolute Gasteiger partial charge is 0.299 e. The van der Waals surface area contributed by atoms with Crippen molar-refractivity contribution in [2.75, 3.05) is 0 Å². The molecule has 0 saturated heterocycles. The maximum Gasteiger partial charge on any atom is 0.146 e. The van der Waals surface area contributed by atoms with Gasteiger partial charge in [0.05, 0.1) is 11.0 Å². The standard InChI is InChI=1S/C40H48N2/c1-22(2)25-17-18-26(30-23(3)15-14-16-24(30)4)27-19-20-42-34-29(41-35(42)31(25)27)21-28-32-33(34)37(7,8)39(11,12)40(32,13)38(9,10)36(28,5)6/h14-22H,1-13H3. The molecule has 2 nitrogen and oxygen atoms in total. The molecule has 5 aromatic rings. The van der Waals surface area contributed by atoms with Crippen molar-refractivity contribution in [3.63, 3.8) is 0 Å². The fourth-order valence-electron chi connectivity index (χ4n) is 9.66. The average molecular weight is 557 g/mol. The summed E-state index contributed by atoms with van der Waals surface area (Å²) in [5.74, 6) is 0.393. The molecule has 0 spiro atoms. The molecule has 42 heavy (non-hydrogen) atoms. The van der Waals surface area contributed by atoms with Crippen LogP contribution in [0.25, 0.3) is 38.6 Å². The van der Waals surface area contributed by atoms with Crippen LogP contribution in [0.5, 0.6) is 0 Å². The van der Waals surface area contributed by atoms with Crippen LogP contribution in [0.15, 0.2) is 48.7 Å². The lowest BCUT2D eigenvalue weighted by Crippen LogP contribution is -2.55. The van der Waals surface area contributed by atoms with E-state index in [0.717, 1.165) is 11.2 Å². The Labute approximate surface area is 252 Å². The Hall–Kier alpha value is -3.13. The summed E-state index contributed by atoms with van der Waals surface area (Å²) in [5.41, 5.74) is 15.0. The number of fused-ring (bicyclic) bond motifs is 6. The van der Waals surface area contributed by atoms with Gasteiger partial charge in [0.15, 0.2) is 0 Å². The summed E-state index contributed by atoms with van der Waals surface area (Å²) in [6.45, 7) is 31.7. The Bertz CT molecular complexity index is 1970. The number of benzene rings is 3. The molecule has 2 heteroatoms. The Kier molecular flexibility index (Phi) is 5.19. The van der Waals surface area contributed by atoms with Crippen molar-refractivity contribution in [2.24, 2.45) is 10.8 Å². The van der Waals surface area contributed by atoms with Gasteiger partial charge in [-0.1, -0.05) is 106 Å². The zero-order chi connectivity index (χ0) is 30.5. The smallest absolute Gasteiger partial charge is 0.146 e. The Balaban J connectivity index is 1.69. The Morgan fingerprint density at radius 3 is 1.98 bits per heavy atom. The number of aromatic nitrogens is 2. The number of hydrogen-bond acceptors (Lipinski definition) is 1. The van der Waals surface area contributed by atoms with Crippen LogP contribution in [-0.2, 0) is 16.2 Å². The van der Waals surface area contributed by atoms with E-state index in [0.29, 0.717) is 5.92 Å². The summed E-state index contributed by atoms with van der Waals surface area (Å²) in [5, 5.41) is 2.60. The minimum atomic E-state index is -0.0228. The molecule has 0 saturated carbocycles. The third-order valence-electron chi connectivity index (χ3n) is 13.7. The summed E-state index contributed by atoms with van der Waals surface area (Å²) in [4.78, 5) is 5.58. The van der Waals surface area contributed by atoms with Crippen LogP contribution in [0, 0.1) is 24.7 Å². The van der Waals surface area contributed by atoms with E-state index in [-0.39, 0.29) is 27.1 Å². The lowest BCUT2D eigenvalue weighted by Gasteiger charge is -2.56. The summed E-state index contributed by atoms with van der Waals surface area (Å²) < 4.78 is 2.45. The van der Waals surface area contributed by atoms with E-state index in [1.54, 1.807) is 5.56 Å². The van der Waals surface area contributed by atoms with Crippen molar-refractivity contribution >= 4 is 27.5 Å². The lowest BCUT2D eigenvalue weighted by molar-refractivity contribution is -0.0103. The van der Waals surface area contributed by atoms with E-state index in [1.165, 1.54) is 55.2 Å². The predicted molar refractivity (Wildman–Crippen MR) is 180 cm³/mol. The Morgan fingerprint density at radius 2 is 1.36 bits per heavy atom. The molecule has 0 fully saturated rings. The molecular formula is C40H48N2. The van der Waals surface area contributed by atoms with E-state index < -0.39 is 0 Å². The molecule has 0 radical (unpaired) electrons. The van der Waals surface area contributed by atoms with Gasteiger partial charge in [-0.05, 0) is 103 Å². The monoisotopic (exact) mass is 556 g/mol. The summed E-state index contributed by atoms with van der Waals surface area (Å²) >= 11 is 0. The first-order valence-corrected chi connectivity index (χ1v) is 16.0. The van der Waals surface area contributed by atoms with Gasteiger partial charge < -0.3 is 0 Å². The number of aryl methyl sites for hydroxylation is 2. The maximum absolute atomic E-state index is 5.58. The topological polar surface area (TPSA) is 17.3 Å². The second-order valence-electron chi connectivity index (χ2n) is 16.2. The van der Waals surface area contributed by atoms with Crippen molar-refractivity contribution in [3.05, 3.63) is 82.0 Å². The molecular weight excluding hydrogens is 508 g/mol. The molecule has 3 aromatic carbocycles. The van der Waals surface area contributed by atoms with Gasteiger partial charge in [0.1, 0.15) is 5.65 Å². The third-order valence-corrected chi connectivity index (χ3v) is 13.7. The van der Waals surface area contributed by atoms with E-state index >= 15 is 0 Å². The van der Waals surface area contributed by atoms with Crippen LogP contribution in [0.4, 0.5) is 0 Å². The van der Waals surface area contributed by atoms with Crippen LogP contribution >= 0.6 is 0 Å². The van der Waals surface area contributed by atoms with Crippen LogP contribution in [0.2, 0.25) is 0 Å². The number of hydrogen-bond donors (Lipinski definition) is 0. The highest BCUT2D eigenvalue weighted by molar-refractivity contribution is 6.08. The van der Waals surface area contributed by atoms with Crippen molar-refractivity contribution in [3.8, 4) is 11.1 Å². The van der Waals surface area contributed by atoms with Crippen LogP contribution < -0.4 is 0 Å². The van der Waals surface area contributed by atoms with Gasteiger partial charge in [0.25, 0.3) is 0 Å². The van der Waals surface area contributed by atoms with Crippen molar-refractivity contribution in [1.82, 2.24) is 9.38 Å². The molecule has 7 rings (SSSR count). The van der Waals surface area contributed by atoms with E-state index in [9.17, 15) is 0 Å². The quantitative estimate of drug-likeness (QED) is 0.211. The van der Waals surface area contributed by atoms with Gasteiger partial charge in [-0.3, -0.25) is 4.40 Å². The molecule has 0 aliphatic heterocycles. The van der Waals surface area contributed by atoms with Crippen LogP contribution in [0.1, 0.15) is 115 Å². The van der Waals surface area contributed by atoms with Gasteiger partial charge >= 0.3 is 0 Å². The second-order valence-corrected chi connectivity index (χ2v) is 16.2. The molecule has 2 aromatic heterocycles. The van der Waals surface area contributed by atoms with Crippen molar-refractivity contribution in [2.45, 2.75) is 112 Å². The van der Waals surface area contributed by atoms with Crippen molar-refractivity contribution in [1.29, 1.82) is 0 Å². The SMILES string of the molecule is Cc1cccc(C)c1-c1ccc(C(C)C)c2c1ccn1c2nc2cc3c4c(c21)C(C)(C)C(C)(C)C4(C)C(C)(C)C3(C)C. The first-order chi connectivity index (χ1) is 19.4. The predicted octanol–water partition coefficient (Wildman–Crippen LogP) is 10.9. The second kappa shape index (κ2) is 7.87. The normalized spacial score (nSPS) is 23.0.